The van der Waals surface area contributed by atoms with E-state index in [9.17, 15) is 4.39 Å². The fourth-order valence-electron chi connectivity index (χ4n) is 1.58. The van der Waals surface area contributed by atoms with Gasteiger partial charge in [0.25, 0.3) is 0 Å². The lowest BCUT2D eigenvalue weighted by atomic mass is 10.2. The lowest BCUT2D eigenvalue weighted by molar-refractivity contribution is 0.318. The molecule has 4 heteroatoms. The molecule has 0 unspecified atom stereocenters. The van der Waals surface area contributed by atoms with Gasteiger partial charge in [0.05, 0.1) is 7.11 Å². The van der Waals surface area contributed by atoms with Crippen molar-refractivity contribution in [2.24, 2.45) is 0 Å². The van der Waals surface area contributed by atoms with Crippen molar-refractivity contribution in [3.05, 3.63) is 29.6 Å². The molecule has 0 aliphatic rings. The third-order valence-electron chi connectivity index (χ3n) is 2.38. The minimum atomic E-state index is -0.224. The molecule has 0 spiro atoms. The van der Waals surface area contributed by atoms with Gasteiger partial charge in [-0.25, -0.2) is 4.39 Å². The van der Waals surface area contributed by atoms with Crippen molar-refractivity contribution in [2.75, 3.05) is 26.5 Å². The minimum Gasteiger partial charge on any atom is -0.496 e. The van der Waals surface area contributed by atoms with Crippen LogP contribution in [0.2, 0.25) is 0 Å². The number of halogens is 1. The Morgan fingerprint density at radius 1 is 1.44 bits per heavy atom. The first kappa shape index (κ1) is 13.3. The third kappa shape index (κ3) is 4.02. The van der Waals surface area contributed by atoms with Crippen molar-refractivity contribution in [3.8, 4) is 5.75 Å². The first-order chi connectivity index (χ1) is 7.67. The van der Waals surface area contributed by atoms with E-state index in [1.165, 1.54) is 12.1 Å². The summed E-state index contributed by atoms with van der Waals surface area (Å²) in [4.78, 5) is 2.13. The summed E-state index contributed by atoms with van der Waals surface area (Å²) in [5, 5.41) is 0. The predicted molar refractivity (Wildman–Crippen MR) is 67.8 cm³/mol. The Morgan fingerprint density at radius 2 is 2.19 bits per heavy atom. The highest BCUT2D eigenvalue weighted by molar-refractivity contribution is 7.80. The summed E-state index contributed by atoms with van der Waals surface area (Å²) in [5.41, 5.74) is 0.879. The monoisotopic (exact) mass is 243 g/mol. The fraction of sp³-hybridized carbons (Fsp3) is 0.500. The molecule has 90 valence electrons. The Kier molecular flexibility index (Phi) is 5.63. The van der Waals surface area contributed by atoms with Crippen LogP contribution in [0.3, 0.4) is 0 Å². The zero-order chi connectivity index (χ0) is 12.0. The van der Waals surface area contributed by atoms with E-state index in [1.54, 1.807) is 13.2 Å². The number of hydrogen-bond acceptors (Lipinski definition) is 3. The van der Waals surface area contributed by atoms with Crippen LogP contribution in [0.5, 0.6) is 5.75 Å². The molecule has 0 bridgehead atoms. The molecule has 0 amide bonds. The van der Waals surface area contributed by atoms with Crippen molar-refractivity contribution >= 4 is 12.6 Å². The average Bonchev–Trinajstić information content (AvgIpc) is 2.27. The molecule has 0 aliphatic heterocycles. The van der Waals surface area contributed by atoms with Crippen molar-refractivity contribution < 1.29 is 9.13 Å². The normalized spacial score (nSPS) is 10.8. The van der Waals surface area contributed by atoms with Crippen LogP contribution in [0.4, 0.5) is 4.39 Å². The molecule has 0 saturated heterocycles. The Hall–Kier alpha value is -0.740. The number of hydrogen-bond donors (Lipinski definition) is 1. The van der Waals surface area contributed by atoms with E-state index in [0.717, 1.165) is 30.0 Å². The van der Waals surface area contributed by atoms with Crippen LogP contribution in [0.15, 0.2) is 18.2 Å². The van der Waals surface area contributed by atoms with Crippen molar-refractivity contribution in [1.29, 1.82) is 0 Å². The second-order valence-electron chi connectivity index (χ2n) is 3.77. The molecule has 1 rings (SSSR count). The van der Waals surface area contributed by atoms with E-state index in [1.807, 2.05) is 7.05 Å². The summed E-state index contributed by atoms with van der Waals surface area (Å²) in [5.74, 6) is 1.38. The fourth-order valence-corrected chi connectivity index (χ4v) is 1.72. The van der Waals surface area contributed by atoms with E-state index in [4.69, 9.17) is 4.74 Å². The van der Waals surface area contributed by atoms with Crippen molar-refractivity contribution in [1.82, 2.24) is 4.90 Å². The lowest BCUT2D eigenvalue weighted by Crippen LogP contribution is -2.19. The second kappa shape index (κ2) is 6.76. The van der Waals surface area contributed by atoms with Crippen molar-refractivity contribution in [2.45, 2.75) is 13.0 Å². The third-order valence-corrected chi connectivity index (χ3v) is 2.70. The maximum Gasteiger partial charge on any atom is 0.123 e. The van der Waals surface area contributed by atoms with Gasteiger partial charge in [0, 0.05) is 12.1 Å². The number of rotatable bonds is 6. The first-order valence-corrected chi connectivity index (χ1v) is 5.92. The van der Waals surface area contributed by atoms with Gasteiger partial charge in [-0.1, -0.05) is 0 Å². The molecular weight excluding hydrogens is 225 g/mol. The van der Waals surface area contributed by atoms with Gasteiger partial charge in [-0.05, 0) is 44.0 Å². The molecule has 0 fully saturated rings. The molecule has 0 saturated carbocycles. The Bertz CT molecular complexity index is 333. The molecule has 2 nitrogen and oxygen atoms in total. The molecule has 0 N–H and O–H groups in total. The smallest absolute Gasteiger partial charge is 0.123 e. The van der Waals surface area contributed by atoms with E-state index >= 15 is 0 Å². The second-order valence-corrected chi connectivity index (χ2v) is 4.22. The molecule has 0 heterocycles. The van der Waals surface area contributed by atoms with Gasteiger partial charge in [0.15, 0.2) is 0 Å². The molecule has 0 atom stereocenters. The van der Waals surface area contributed by atoms with Crippen molar-refractivity contribution in [3.63, 3.8) is 0 Å². The summed E-state index contributed by atoms with van der Waals surface area (Å²) in [6.07, 6.45) is 1.03. The number of ether oxygens (including phenoxy) is 1. The summed E-state index contributed by atoms with van der Waals surface area (Å²) in [6.45, 7) is 1.64. The predicted octanol–water partition coefficient (Wildman–Crippen LogP) is 2.59. The van der Waals surface area contributed by atoms with Crippen LogP contribution >= 0.6 is 12.6 Å². The molecule has 0 radical (unpaired) electrons. The standard InChI is InChI=1S/C12H18FNOS/c1-14(6-3-7-16)9-10-8-11(13)4-5-12(10)15-2/h4-5,8,16H,3,6-7,9H2,1-2H3. The number of thiol groups is 1. The molecule has 16 heavy (non-hydrogen) atoms. The minimum absolute atomic E-state index is 0.224. The average molecular weight is 243 g/mol. The lowest BCUT2D eigenvalue weighted by Gasteiger charge is -2.17. The number of benzene rings is 1. The van der Waals surface area contributed by atoms with Gasteiger partial charge in [0.2, 0.25) is 0 Å². The topological polar surface area (TPSA) is 12.5 Å². The van der Waals surface area contributed by atoms with Gasteiger partial charge in [-0.3, -0.25) is 0 Å². The summed E-state index contributed by atoms with van der Waals surface area (Å²) in [7, 11) is 3.61. The first-order valence-electron chi connectivity index (χ1n) is 5.29. The van der Waals surface area contributed by atoms with Crippen LogP contribution in [-0.2, 0) is 6.54 Å². The number of nitrogens with zero attached hydrogens (tertiary/aromatic N) is 1. The number of methoxy groups -OCH3 is 1. The SMILES string of the molecule is COc1ccc(F)cc1CN(C)CCCS. The summed E-state index contributed by atoms with van der Waals surface area (Å²) in [6, 6.07) is 4.60. The Morgan fingerprint density at radius 3 is 2.81 bits per heavy atom. The largest absolute Gasteiger partial charge is 0.496 e. The van der Waals surface area contributed by atoms with Crippen LogP contribution < -0.4 is 4.74 Å². The van der Waals surface area contributed by atoms with E-state index < -0.39 is 0 Å². The van der Waals surface area contributed by atoms with E-state index in [0.29, 0.717) is 6.54 Å². The van der Waals surface area contributed by atoms with E-state index in [-0.39, 0.29) is 5.82 Å². The molecule has 1 aromatic carbocycles. The maximum atomic E-state index is 13.1. The molecule has 1 aromatic rings. The Balaban J connectivity index is 2.67. The summed E-state index contributed by atoms with van der Waals surface area (Å²) < 4.78 is 18.3. The van der Waals surface area contributed by atoms with Crippen LogP contribution in [0.25, 0.3) is 0 Å². The zero-order valence-electron chi connectivity index (χ0n) is 9.74. The highest BCUT2D eigenvalue weighted by atomic mass is 32.1. The van der Waals surface area contributed by atoms with Gasteiger partial charge < -0.3 is 9.64 Å². The van der Waals surface area contributed by atoms with Crippen LogP contribution in [-0.4, -0.2) is 31.4 Å². The van der Waals surface area contributed by atoms with Gasteiger partial charge in [-0.15, -0.1) is 0 Å². The maximum absolute atomic E-state index is 13.1. The highest BCUT2D eigenvalue weighted by Gasteiger charge is 2.07. The van der Waals surface area contributed by atoms with Gasteiger partial charge >= 0.3 is 0 Å². The summed E-state index contributed by atoms with van der Waals surface area (Å²) >= 11 is 4.17. The quantitative estimate of drug-likeness (QED) is 0.771. The molecular formula is C12H18FNOS. The Labute approximate surface area is 102 Å². The van der Waals surface area contributed by atoms with Gasteiger partial charge in [0.1, 0.15) is 11.6 Å². The van der Waals surface area contributed by atoms with E-state index in [2.05, 4.69) is 17.5 Å². The highest BCUT2D eigenvalue weighted by Crippen LogP contribution is 2.20. The van der Waals surface area contributed by atoms with Crippen LogP contribution in [0, 0.1) is 5.82 Å². The van der Waals surface area contributed by atoms with Crippen LogP contribution in [0.1, 0.15) is 12.0 Å². The van der Waals surface area contributed by atoms with Gasteiger partial charge in [-0.2, -0.15) is 12.6 Å². The molecule has 0 aromatic heterocycles. The zero-order valence-corrected chi connectivity index (χ0v) is 10.6. The molecule has 0 aliphatic carbocycles.